The second kappa shape index (κ2) is 6.74. The van der Waals surface area contributed by atoms with Gasteiger partial charge in [-0.15, -0.1) is 11.8 Å². The van der Waals surface area contributed by atoms with Gasteiger partial charge in [-0.1, -0.05) is 12.1 Å². The molecule has 20 heavy (non-hydrogen) atoms. The lowest BCUT2D eigenvalue weighted by molar-refractivity contribution is -0.145. The molecule has 1 amide bonds. The summed E-state index contributed by atoms with van der Waals surface area (Å²) in [4.78, 5) is 25.0. The van der Waals surface area contributed by atoms with Crippen LogP contribution in [0.5, 0.6) is 0 Å². The van der Waals surface area contributed by atoms with Crippen LogP contribution in [0.2, 0.25) is 0 Å². The van der Waals surface area contributed by atoms with E-state index >= 15 is 0 Å². The van der Waals surface area contributed by atoms with Crippen molar-refractivity contribution in [3.63, 3.8) is 0 Å². The van der Waals surface area contributed by atoms with Gasteiger partial charge in [0.15, 0.2) is 0 Å². The Morgan fingerprint density at radius 3 is 2.85 bits per heavy atom. The van der Waals surface area contributed by atoms with E-state index in [4.69, 9.17) is 5.11 Å². The lowest BCUT2D eigenvalue weighted by Crippen LogP contribution is -2.43. The number of aliphatic carboxylic acids is 1. The van der Waals surface area contributed by atoms with Gasteiger partial charge < -0.3 is 10.0 Å². The number of halogens is 1. The Hall–Kier alpha value is -1.56. The van der Waals surface area contributed by atoms with Crippen LogP contribution in [0.25, 0.3) is 0 Å². The van der Waals surface area contributed by atoms with Crippen molar-refractivity contribution in [1.29, 1.82) is 0 Å². The molecule has 0 aliphatic carbocycles. The first-order valence-corrected chi connectivity index (χ1v) is 7.44. The van der Waals surface area contributed by atoms with E-state index in [0.717, 1.165) is 11.8 Å². The number of nitrogens with zero attached hydrogens (tertiary/aromatic N) is 1. The Morgan fingerprint density at radius 1 is 1.40 bits per heavy atom. The summed E-state index contributed by atoms with van der Waals surface area (Å²) in [5.74, 6) is -1.68. The fraction of sp³-hybridized carbons (Fsp3) is 0.429. The van der Waals surface area contributed by atoms with Gasteiger partial charge in [0.2, 0.25) is 5.91 Å². The molecule has 6 heteroatoms. The maximum absolute atomic E-state index is 13.4. The molecule has 0 spiro atoms. The van der Waals surface area contributed by atoms with Crippen LogP contribution in [0.3, 0.4) is 0 Å². The molecule has 1 N–H and O–H groups in total. The molecular formula is C14H16FNO3S. The standard InChI is InChI=1S/C14H16FNO3S/c15-11-5-1-2-6-12(11)20-9-13(17)16-7-3-4-10(8-16)14(18)19/h1-2,5-6,10H,3-4,7-9H2,(H,18,19). The van der Waals surface area contributed by atoms with Crippen molar-refractivity contribution in [3.05, 3.63) is 30.1 Å². The minimum Gasteiger partial charge on any atom is -0.481 e. The Labute approximate surface area is 121 Å². The SMILES string of the molecule is O=C(O)C1CCCN(C(=O)CSc2ccccc2F)C1. The molecule has 0 bridgehead atoms. The minimum atomic E-state index is -0.857. The Kier molecular flexibility index (Phi) is 5.00. The smallest absolute Gasteiger partial charge is 0.308 e. The van der Waals surface area contributed by atoms with Crippen molar-refractivity contribution in [2.75, 3.05) is 18.8 Å². The van der Waals surface area contributed by atoms with Crippen molar-refractivity contribution in [2.45, 2.75) is 17.7 Å². The molecule has 1 aromatic rings. The highest BCUT2D eigenvalue weighted by Gasteiger charge is 2.27. The molecule has 0 saturated carbocycles. The van der Waals surface area contributed by atoms with E-state index in [2.05, 4.69) is 0 Å². The Morgan fingerprint density at radius 2 is 2.15 bits per heavy atom. The quantitative estimate of drug-likeness (QED) is 0.866. The molecule has 1 heterocycles. The number of likely N-dealkylation sites (tertiary alicyclic amines) is 1. The van der Waals surface area contributed by atoms with Crippen molar-refractivity contribution in [1.82, 2.24) is 4.90 Å². The predicted octanol–water partition coefficient (Wildman–Crippen LogP) is 2.24. The van der Waals surface area contributed by atoms with Crippen LogP contribution < -0.4 is 0 Å². The van der Waals surface area contributed by atoms with Gasteiger partial charge in [-0.25, -0.2) is 4.39 Å². The summed E-state index contributed by atoms with van der Waals surface area (Å²) in [5.41, 5.74) is 0. The van der Waals surface area contributed by atoms with E-state index in [1.54, 1.807) is 23.1 Å². The molecule has 108 valence electrons. The molecule has 1 fully saturated rings. The molecule has 1 aliphatic rings. The van der Waals surface area contributed by atoms with Crippen LogP contribution in [0.1, 0.15) is 12.8 Å². The molecule has 1 aliphatic heterocycles. The topological polar surface area (TPSA) is 57.6 Å². The molecule has 2 rings (SSSR count). The lowest BCUT2D eigenvalue weighted by Gasteiger charge is -2.30. The fourth-order valence-electron chi connectivity index (χ4n) is 2.20. The highest BCUT2D eigenvalue weighted by Crippen LogP contribution is 2.23. The maximum atomic E-state index is 13.4. The first kappa shape index (κ1) is 14.8. The van der Waals surface area contributed by atoms with Crippen molar-refractivity contribution < 1.29 is 19.1 Å². The van der Waals surface area contributed by atoms with Gasteiger partial charge in [-0.05, 0) is 25.0 Å². The van der Waals surface area contributed by atoms with Crippen LogP contribution in [0.4, 0.5) is 4.39 Å². The van der Waals surface area contributed by atoms with Crippen LogP contribution in [-0.4, -0.2) is 40.7 Å². The van der Waals surface area contributed by atoms with Gasteiger partial charge in [0.05, 0.1) is 11.7 Å². The van der Waals surface area contributed by atoms with Crippen LogP contribution in [0, 0.1) is 11.7 Å². The highest BCUT2D eigenvalue weighted by atomic mass is 32.2. The number of carboxylic acid groups (broad SMARTS) is 1. The Bertz CT molecular complexity index is 509. The fourth-order valence-corrected chi connectivity index (χ4v) is 3.04. The van der Waals surface area contributed by atoms with Gasteiger partial charge >= 0.3 is 5.97 Å². The zero-order valence-electron chi connectivity index (χ0n) is 10.9. The summed E-state index contributed by atoms with van der Waals surface area (Å²) in [6, 6.07) is 6.30. The molecule has 4 nitrogen and oxygen atoms in total. The monoisotopic (exact) mass is 297 g/mol. The second-order valence-corrected chi connectivity index (χ2v) is 5.75. The number of thioether (sulfide) groups is 1. The summed E-state index contributed by atoms with van der Waals surface area (Å²) < 4.78 is 13.4. The summed E-state index contributed by atoms with van der Waals surface area (Å²) in [6.45, 7) is 0.840. The summed E-state index contributed by atoms with van der Waals surface area (Å²) in [7, 11) is 0. The van der Waals surface area contributed by atoms with Crippen molar-refractivity contribution >= 4 is 23.6 Å². The van der Waals surface area contributed by atoms with E-state index in [-0.39, 0.29) is 24.0 Å². The highest BCUT2D eigenvalue weighted by molar-refractivity contribution is 8.00. The summed E-state index contributed by atoms with van der Waals surface area (Å²) >= 11 is 1.14. The zero-order valence-corrected chi connectivity index (χ0v) is 11.7. The molecular weight excluding hydrogens is 281 g/mol. The van der Waals surface area contributed by atoms with Gasteiger partial charge in [0, 0.05) is 18.0 Å². The number of benzene rings is 1. The van der Waals surface area contributed by atoms with Crippen molar-refractivity contribution in [2.24, 2.45) is 5.92 Å². The maximum Gasteiger partial charge on any atom is 0.308 e. The second-order valence-electron chi connectivity index (χ2n) is 4.74. The van der Waals surface area contributed by atoms with Crippen molar-refractivity contribution in [3.8, 4) is 0 Å². The molecule has 1 unspecified atom stereocenters. The number of hydrogen-bond donors (Lipinski definition) is 1. The number of hydrogen-bond acceptors (Lipinski definition) is 3. The Balaban J connectivity index is 1.89. The molecule has 1 saturated heterocycles. The summed E-state index contributed by atoms with van der Waals surface area (Å²) in [5, 5.41) is 8.99. The third kappa shape index (κ3) is 3.72. The van der Waals surface area contributed by atoms with E-state index in [0.29, 0.717) is 24.3 Å². The molecule has 0 radical (unpaired) electrons. The molecule has 1 atom stereocenters. The zero-order chi connectivity index (χ0) is 14.5. The number of piperidine rings is 1. The number of rotatable bonds is 4. The van der Waals surface area contributed by atoms with E-state index in [1.807, 2.05) is 0 Å². The van der Waals surface area contributed by atoms with Gasteiger partial charge in [0.1, 0.15) is 5.82 Å². The van der Waals surface area contributed by atoms with E-state index < -0.39 is 11.9 Å². The van der Waals surface area contributed by atoms with Crippen LogP contribution >= 0.6 is 11.8 Å². The predicted molar refractivity (Wildman–Crippen MR) is 74.1 cm³/mol. The number of amides is 1. The number of carbonyl (C=O) groups excluding carboxylic acids is 1. The number of carbonyl (C=O) groups is 2. The number of carboxylic acids is 1. The molecule has 0 aromatic heterocycles. The van der Waals surface area contributed by atoms with Gasteiger partial charge in [-0.2, -0.15) is 0 Å². The largest absolute Gasteiger partial charge is 0.481 e. The third-order valence-electron chi connectivity index (χ3n) is 3.31. The van der Waals surface area contributed by atoms with Crippen LogP contribution in [-0.2, 0) is 9.59 Å². The third-order valence-corrected chi connectivity index (χ3v) is 4.34. The summed E-state index contributed by atoms with van der Waals surface area (Å²) in [6.07, 6.45) is 1.31. The first-order chi connectivity index (χ1) is 9.58. The van der Waals surface area contributed by atoms with E-state index in [1.165, 1.54) is 6.07 Å². The first-order valence-electron chi connectivity index (χ1n) is 6.46. The minimum absolute atomic E-state index is 0.132. The normalized spacial score (nSPS) is 18.9. The van der Waals surface area contributed by atoms with Gasteiger partial charge in [0.25, 0.3) is 0 Å². The average molecular weight is 297 g/mol. The van der Waals surface area contributed by atoms with Gasteiger partial charge in [-0.3, -0.25) is 9.59 Å². The average Bonchev–Trinajstić information content (AvgIpc) is 2.46. The van der Waals surface area contributed by atoms with E-state index in [9.17, 15) is 14.0 Å². The molecule has 1 aromatic carbocycles. The van der Waals surface area contributed by atoms with Crippen LogP contribution in [0.15, 0.2) is 29.2 Å². The lowest BCUT2D eigenvalue weighted by atomic mass is 9.98.